The van der Waals surface area contributed by atoms with E-state index < -0.39 is 0 Å². The van der Waals surface area contributed by atoms with Crippen LogP contribution in [-0.4, -0.2) is 13.1 Å². The molecule has 2 atom stereocenters. The lowest BCUT2D eigenvalue weighted by Crippen LogP contribution is -2.38. The smallest absolute Gasteiger partial charge is 0.00179 e. The third kappa shape index (κ3) is 2.67. The van der Waals surface area contributed by atoms with Gasteiger partial charge in [-0.05, 0) is 37.8 Å². The van der Waals surface area contributed by atoms with Crippen LogP contribution in [-0.2, 0) is 0 Å². The van der Waals surface area contributed by atoms with E-state index >= 15 is 0 Å². The van der Waals surface area contributed by atoms with Gasteiger partial charge in [0.15, 0.2) is 0 Å². The molecule has 2 rings (SSSR count). The minimum atomic E-state index is 0. The molecule has 1 nitrogen and oxygen atoms in total. The Morgan fingerprint density at radius 1 is 0.917 bits per heavy atom. The van der Waals surface area contributed by atoms with Crippen LogP contribution in [0.5, 0.6) is 0 Å². The fraction of sp³-hybridized carbons (Fsp3) is 1.00. The summed E-state index contributed by atoms with van der Waals surface area (Å²) in [4.78, 5) is 0. The highest BCUT2D eigenvalue weighted by Crippen LogP contribution is 2.33. The van der Waals surface area contributed by atoms with Crippen molar-refractivity contribution in [3.8, 4) is 0 Å². The van der Waals surface area contributed by atoms with Gasteiger partial charge in [0.05, 0.1) is 0 Å². The van der Waals surface area contributed by atoms with Gasteiger partial charge in [-0.2, -0.15) is 13.5 Å². The second-order valence-electron chi connectivity index (χ2n) is 3.80. The Labute approximate surface area is 83.8 Å². The summed E-state index contributed by atoms with van der Waals surface area (Å²) in [7, 11) is 0. The molecule has 1 N–H and O–H groups in total. The first kappa shape index (κ1) is 12.3. The SMILES string of the molecule is C.C1CC[C@@H]2CNCC[C@H]2C1.S. The van der Waals surface area contributed by atoms with Crippen molar-refractivity contribution in [1.82, 2.24) is 5.32 Å². The summed E-state index contributed by atoms with van der Waals surface area (Å²) in [5, 5.41) is 3.48. The lowest BCUT2D eigenvalue weighted by atomic mass is 9.76. The Hall–Kier alpha value is 0.310. The number of fused-ring (bicyclic) bond motifs is 1. The molecule has 2 fully saturated rings. The Kier molecular flexibility index (Phi) is 6.02. The number of hydrogen-bond acceptors (Lipinski definition) is 1. The minimum absolute atomic E-state index is 0. The summed E-state index contributed by atoms with van der Waals surface area (Å²) < 4.78 is 0. The Morgan fingerprint density at radius 2 is 1.58 bits per heavy atom. The third-order valence-corrected chi connectivity index (χ3v) is 3.16. The van der Waals surface area contributed by atoms with Crippen LogP contribution in [0.3, 0.4) is 0 Å². The zero-order chi connectivity index (χ0) is 6.81. The van der Waals surface area contributed by atoms with Crippen molar-refractivity contribution in [2.75, 3.05) is 13.1 Å². The van der Waals surface area contributed by atoms with Gasteiger partial charge in [-0.1, -0.05) is 26.7 Å². The van der Waals surface area contributed by atoms with E-state index in [9.17, 15) is 0 Å². The average molecular weight is 189 g/mol. The molecule has 0 unspecified atom stereocenters. The topological polar surface area (TPSA) is 12.0 Å². The molecule has 0 amide bonds. The van der Waals surface area contributed by atoms with Crippen molar-refractivity contribution in [3.63, 3.8) is 0 Å². The summed E-state index contributed by atoms with van der Waals surface area (Å²) in [6, 6.07) is 0. The second kappa shape index (κ2) is 5.87. The Balaban J connectivity index is 0.000000605. The highest BCUT2D eigenvalue weighted by Gasteiger charge is 2.26. The fourth-order valence-corrected chi connectivity index (χ4v) is 2.51. The molecule has 2 aliphatic rings. The van der Waals surface area contributed by atoms with E-state index in [4.69, 9.17) is 0 Å². The maximum absolute atomic E-state index is 3.48. The molecule has 1 saturated carbocycles. The van der Waals surface area contributed by atoms with Crippen LogP contribution in [0.2, 0.25) is 0 Å². The average Bonchev–Trinajstić information content (AvgIpc) is 2.05. The monoisotopic (exact) mass is 189 g/mol. The molecule has 12 heavy (non-hydrogen) atoms. The minimum Gasteiger partial charge on any atom is -0.316 e. The van der Waals surface area contributed by atoms with Gasteiger partial charge in [0.25, 0.3) is 0 Å². The molecule has 0 radical (unpaired) electrons. The van der Waals surface area contributed by atoms with Gasteiger partial charge >= 0.3 is 0 Å². The van der Waals surface area contributed by atoms with Crippen LogP contribution in [0.15, 0.2) is 0 Å². The van der Waals surface area contributed by atoms with E-state index in [2.05, 4.69) is 5.32 Å². The van der Waals surface area contributed by atoms with Crippen LogP contribution in [0.1, 0.15) is 39.5 Å². The van der Waals surface area contributed by atoms with Gasteiger partial charge in [-0.3, -0.25) is 0 Å². The summed E-state index contributed by atoms with van der Waals surface area (Å²) >= 11 is 0. The lowest BCUT2D eigenvalue weighted by Gasteiger charge is -2.35. The zero-order valence-corrected chi connectivity index (χ0v) is 8.10. The predicted molar refractivity (Wildman–Crippen MR) is 60.0 cm³/mol. The number of rotatable bonds is 0. The number of nitrogens with one attached hydrogen (secondary N) is 1. The van der Waals surface area contributed by atoms with Gasteiger partial charge < -0.3 is 5.32 Å². The normalized spacial score (nSPS) is 34.0. The van der Waals surface area contributed by atoms with E-state index in [0.717, 1.165) is 11.8 Å². The molecule has 0 aromatic carbocycles. The third-order valence-electron chi connectivity index (χ3n) is 3.16. The van der Waals surface area contributed by atoms with Gasteiger partial charge in [0.2, 0.25) is 0 Å². The maximum Gasteiger partial charge on any atom is -0.00179 e. The highest BCUT2D eigenvalue weighted by molar-refractivity contribution is 7.59. The molecule has 0 aromatic heterocycles. The van der Waals surface area contributed by atoms with Gasteiger partial charge in [0, 0.05) is 0 Å². The van der Waals surface area contributed by atoms with Gasteiger partial charge in [-0.15, -0.1) is 0 Å². The van der Waals surface area contributed by atoms with Crippen LogP contribution in [0.25, 0.3) is 0 Å². The molecule has 0 spiro atoms. The van der Waals surface area contributed by atoms with Crippen molar-refractivity contribution >= 4 is 13.5 Å². The van der Waals surface area contributed by atoms with Crippen LogP contribution >= 0.6 is 13.5 Å². The first-order valence-electron chi connectivity index (χ1n) is 4.67. The quantitative estimate of drug-likeness (QED) is 0.617. The van der Waals surface area contributed by atoms with Crippen molar-refractivity contribution in [1.29, 1.82) is 0 Å². The maximum atomic E-state index is 3.48. The molecular weight excluding hydrogens is 166 g/mol. The standard InChI is InChI=1S/C9H17N.CH4.H2S/c1-2-4-9-7-10-6-5-8(9)3-1;;/h8-10H,1-7H2;1H4;1H2/t8-,9-;;/m1../s1. The fourth-order valence-electron chi connectivity index (χ4n) is 2.51. The molecule has 0 aromatic rings. The second-order valence-corrected chi connectivity index (χ2v) is 3.80. The van der Waals surface area contributed by atoms with Crippen molar-refractivity contribution in [2.24, 2.45) is 11.8 Å². The van der Waals surface area contributed by atoms with E-state index in [-0.39, 0.29) is 20.9 Å². The van der Waals surface area contributed by atoms with E-state index in [1.807, 2.05) is 0 Å². The van der Waals surface area contributed by atoms with E-state index in [0.29, 0.717) is 0 Å². The Morgan fingerprint density at radius 3 is 2.25 bits per heavy atom. The lowest BCUT2D eigenvalue weighted by molar-refractivity contribution is 0.185. The van der Waals surface area contributed by atoms with E-state index in [1.54, 1.807) is 0 Å². The first-order valence-corrected chi connectivity index (χ1v) is 4.67. The number of piperidine rings is 1. The molecule has 1 heterocycles. The van der Waals surface area contributed by atoms with Crippen molar-refractivity contribution in [2.45, 2.75) is 39.5 Å². The van der Waals surface area contributed by atoms with Crippen LogP contribution in [0, 0.1) is 11.8 Å². The molecule has 1 aliphatic heterocycles. The zero-order valence-electron chi connectivity index (χ0n) is 7.10. The highest BCUT2D eigenvalue weighted by atomic mass is 32.1. The Bertz CT molecular complexity index is 90.4. The van der Waals surface area contributed by atoms with Crippen LogP contribution in [0.4, 0.5) is 0 Å². The summed E-state index contributed by atoms with van der Waals surface area (Å²) in [6.45, 7) is 2.59. The molecule has 1 saturated heterocycles. The first-order chi connectivity index (χ1) is 4.97. The molecule has 2 heteroatoms. The summed E-state index contributed by atoms with van der Waals surface area (Å²) in [5.74, 6) is 2.14. The van der Waals surface area contributed by atoms with E-state index in [1.165, 1.54) is 45.2 Å². The van der Waals surface area contributed by atoms with Crippen LogP contribution < -0.4 is 5.32 Å². The molecule has 74 valence electrons. The molecule has 1 aliphatic carbocycles. The molecular formula is C10H23NS. The van der Waals surface area contributed by atoms with Crippen molar-refractivity contribution in [3.05, 3.63) is 0 Å². The van der Waals surface area contributed by atoms with Gasteiger partial charge in [0.1, 0.15) is 0 Å². The summed E-state index contributed by atoms with van der Waals surface area (Å²) in [5.41, 5.74) is 0. The predicted octanol–water partition coefficient (Wildman–Crippen LogP) is 2.54. The van der Waals surface area contributed by atoms with Gasteiger partial charge in [-0.25, -0.2) is 0 Å². The largest absolute Gasteiger partial charge is 0.316 e. The van der Waals surface area contributed by atoms with Crippen molar-refractivity contribution < 1.29 is 0 Å². The molecule has 0 bridgehead atoms. The number of hydrogen-bond donors (Lipinski definition) is 1. The summed E-state index contributed by atoms with van der Waals surface area (Å²) in [6.07, 6.45) is 7.46.